The molecule has 1 heterocycles. The van der Waals surface area contributed by atoms with Crippen LogP contribution in [0.2, 0.25) is 0 Å². The topological polar surface area (TPSA) is 64.4 Å². The molecule has 0 saturated heterocycles. The van der Waals surface area contributed by atoms with Crippen LogP contribution in [0.15, 0.2) is 30.5 Å². The quantitative estimate of drug-likeness (QED) is 0.920. The van der Waals surface area contributed by atoms with E-state index in [-0.39, 0.29) is 18.2 Å². The summed E-state index contributed by atoms with van der Waals surface area (Å²) in [5.41, 5.74) is -0.373. The summed E-state index contributed by atoms with van der Waals surface area (Å²) in [6.45, 7) is 2.18. The van der Waals surface area contributed by atoms with Crippen molar-refractivity contribution in [2.75, 3.05) is 0 Å². The van der Waals surface area contributed by atoms with Crippen molar-refractivity contribution in [3.05, 3.63) is 47.5 Å². The number of ether oxygens (including phenoxy) is 1. The van der Waals surface area contributed by atoms with Crippen LogP contribution in [0.1, 0.15) is 28.8 Å². The van der Waals surface area contributed by atoms with Gasteiger partial charge < -0.3 is 14.4 Å². The first-order valence-electron chi connectivity index (χ1n) is 6.40. The van der Waals surface area contributed by atoms with Gasteiger partial charge in [0.25, 0.3) is 0 Å². The second kappa shape index (κ2) is 6.08. The van der Waals surface area contributed by atoms with E-state index in [1.54, 1.807) is 6.92 Å². The van der Waals surface area contributed by atoms with E-state index in [9.17, 15) is 18.0 Å². The molecule has 8 heteroatoms. The highest BCUT2D eigenvalue weighted by Gasteiger charge is 2.30. The van der Waals surface area contributed by atoms with Crippen molar-refractivity contribution in [2.24, 2.45) is 0 Å². The van der Waals surface area contributed by atoms with Crippen molar-refractivity contribution in [1.29, 1.82) is 0 Å². The third-order valence-electron chi connectivity index (χ3n) is 2.93. The van der Waals surface area contributed by atoms with Crippen LogP contribution in [-0.4, -0.2) is 20.6 Å². The summed E-state index contributed by atoms with van der Waals surface area (Å²) in [6, 6.07) is 4.25. The molecule has 0 atom stereocenters. The maximum absolute atomic E-state index is 12.4. The molecule has 0 aliphatic carbocycles. The molecule has 22 heavy (non-hydrogen) atoms. The Hall–Kier alpha value is -2.51. The summed E-state index contributed by atoms with van der Waals surface area (Å²) in [5.74, 6) is -1.01. The highest BCUT2D eigenvalue weighted by Crippen LogP contribution is 2.30. The van der Waals surface area contributed by atoms with E-state index in [1.807, 2.05) is 0 Å². The number of rotatable bonds is 5. The van der Waals surface area contributed by atoms with E-state index < -0.39 is 17.7 Å². The predicted molar refractivity (Wildman–Crippen MR) is 70.6 cm³/mol. The summed E-state index contributed by atoms with van der Waals surface area (Å²) < 4.78 is 44.0. The first kappa shape index (κ1) is 15.9. The summed E-state index contributed by atoms with van der Waals surface area (Å²) in [7, 11) is 0. The zero-order chi connectivity index (χ0) is 16.3. The van der Waals surface area contributed by atoms with Gasteiger partial charge in [0.2, 0.25) is 5.82 Å². The number of hydrogen-bond acceptors (Lipinski definition) is 3. The molecular weight excluding hydrogens is 301 g/mol. The van der Waals surface area contributed by atoms with E-state index >= 15 is 0 Å². The van der Waals surface area contributed by atoms with Crippen molar-refractivity contribution in [3.8, 4) is 5.75 Å². The number of aromatic nitrogens is 2. The molecule has 0 spiro atoms. The Labute approximate surface area is 124 Å². The molecule has 0 bridgehead atoms. The minimum Gasteiger partial charge on any atom is -0.487 e. The lowest BCUT2D eigenvalue weighted by Gasteiger charge is -2.08. The fraction of sp³-hybridized carbons (Fsp3) is 0.286. The number of imidazole rings is 1. The van der Waals surface area contributed by atoms with Gasteiger partial charge in [-0.1, -0.05) is 0 Å². The zero-order valence-electron chi connectivity index (χ0n) is 11.6. The third kappa shape index (κ3) is 3.57. The van der Waals surface area contributed by atoms with Crippen LogP contribution in [0.4, 0.5) is 13.2 Å². The SMILES string of the molecule is CCn1cc(COc2ccc(C(F)(F)F)cc2)nc1C(=O)O. The molecule has 2 rings (SSSR count). The Morgan fingerprint density at radius 2 is 1.95 bits per heavy atom. The standard InChI is InChI=1S/C14H13F3N2O3/c1-2-19-7-10(18-12(19)13(20)21)8-22-11-5-3-9(4-6-11)14(15,16)17/h3-7H,2,8H2,1H3,(H,20,21). The molecule has 0 radical (unpaired) electrons. The van der Waals surface area contributed by atoms with E-state index in [2.05, 4.69) is 4.98 Å². The van der Waals surface area contributed by atoms with Crippen LogP contribution >= 0.6 is 0 Å². The molecule has 1 aromatic heterocycles. The summed E-state index contributed by atoms with van der Waals surface area (Å²) >= 11 is 0. The first-order chi connectivity index (χ1) is 10.3. The molecule has 118 valence electrons. The van der Waals surface area contributed by atoms with Gasteiger partial charge in [-0.2, -0.15) is 13.2 Å². The zero-order valence-corrected chi connectivity index (χ0v) is 11.6. The van der Waals surface area contributed by atoms with Gasteiger partial charge in [0.1, 0.15) is 12.4 Å². The second-order valence-corrected chi connectivity index (χ2v) is 4.46. The van der Waals surface area contributed by atoms with Crippen LogP contribution in [0, 0.1) is 0 Å². The molecule has 0 aliphatic rings. The highest BCUT2D eigenvalue weighted by atomic mass is 19.4. The lowest BCUT2D eigenvalue weighted by atomic mass is 10.2. The maximum atomic E-state index is 12.4. The number of carboxylic acid groups (broad SMARTS) is 1. The second-order valence-electron chi connectivity index (χ2n) is 4.46. The fourth-order valence-electron chi connectivity index (χ4n) is 1.85. The lowest BCUT2D eigenvalue weighted by molar-refractivity contribution is -0.137. The van der Waals surface area contributed by atoms with Crippen molar-refractivity contribution in [2.45, 2.75) is 26.3 Å². The number of benzene rings is 1. The lowest BCUT2D eigenvalue weighted by Crippen LogP contribution is -2.07. The predicted octanol–water partition coefficient (Wildman–Crippen LogP) is 3.20. The Bertz CT molecular complexity index is 663. The number of nitrogens with zero attached hydrogens (tertiary/aromatic N) is 2. The van der Waals surface area contributed by atoms with Crippen molar-refractivity contribution < 1.29 is 27.8 Å². The number of hydrogen-bond donors (Lipinski definition) is 1. The number of halogens is 3. The Morgan fingerprint density at radius 3 is 2.41 bits per heavy atom. The van der Waals surface area contributed by atoms with E-state index in [1.165, 1.54) is 22.9 Å². The van der Waals surface area contributed by atoms with Gasteiger partial charge in [0, 0.05) is 12.7 Å². The molecular formula is C14H13F3N2O3. The molecule has 2 aromatic rings. The van der Waals surface area contributed by atoms with Gasteiger partial charge >= 0.3 is 12.1 Å². The number of carbonyl (C=O) groups is 1. The Morgan fingerprint density at radius 1 is 1.32 bits per heavy atom. The van der Waals surface area contributed by atoms with Crippen molar-refractivity contribution in [1.82, 2.24) is 9.55 Å². The average molecular weight is 314 g/mol. The van der Waals surface area contributed by atoms with Gasteiger partial charge in [-0.05, 0) is 31.2 Å². The smallest absolute Gasteiger partial charge is 0.416 e. The van der Waals surface area contributed by atoms with Crippen molar-refractivity contribution >= 4 is 5.97 Å². The number of aryl methyl sites for hydroxylation is 1. The van der Waals surface area contributed by atoms with Gasteiger partial charge in [-0.25, -0.2) is 9.78 Å². The minimum atomic E-state index is -4.39. The van der Waals surface area contributed by atoms with E-state index in [0.717, 1.165) is 12.1 Å². The largest absolute Gasteiger partial charge is 0.487 e. The first-order valence-corrected chi connectivity index (χ1v) is 6.40. The summed E-state index contributed by atoms with van der Waals surface area (Å²) in [4.78, 5) is 14.9. The normalized spacial score (nSPS) is 11.5. The molecule has 0 unspecified atom stereocenters. The monoisotopic (exact) mass is 314 g/mol. The molecule has 0 saturated carbocycles. The number of alkyl halides is 3. The number of aromatic carboxylic acids is 1. The van der Waals surface area contributed by atoms with Gasteiger partial charge in [0.15, 0.2) is 0 Å². The number of carboxylic acids is 1. The average Bonchev–Trinajstić information content (AvgIpc) is 2.88. The Kier molecular flexibility index (Phi) is 4.39. The van der Waals surface area contributed by atoms with E-state index in [0.29, 0.717) is 12.2 Å². The van der Waals surface area contributed by atoms with Crippen LogP contribution < -0.4 is 4.74 Å². The van der Waals surface area contributed by atoms with Gasteiger partial charge in [-0.3, -0.25) is 0 Å². The summed E-state index contributed by atoms with van der Waals surface area (Å²) in [5, 5.41) is 8.97. The third-order valence-corrected chi connectivity index (χ3v) is 2.93. The van der Waals surface area contributed by atoms with E-state index in [4.69, 9.17) is 9.84 Å². The molecule has 1 N–H and O–H groups in total. The van der Waals surface area contributed by atoms with Gasteiger partial charge in [-0.15, -0.1) is 0 Å². The van der Waals surface area contributed by atoms with Crippen LogP contribution in [0.3, 0.4) is 0 Å². The highest BCUT2D eigenvalue weighted by molar-refractivity contribution is 5.83. The van der Waals surface area contributed by atoms with Crippen LogP contribution in [0.5, 0.6) is 5.75 Å². The van der Waals surface area contributed by atoms with Crippen LogP contribution in [-0.2, 0) is 19.3 Å². The fourth-order valence-corrected chi connectivity index (χ4v) is 1.85. The molecule has 5 nitrogen and oxygen atoms in total. The molecule has 0 amide bonds. The molecule has 0 fully saturated rings. The summed E-state index contributed by atoms with van der Waals surface area (Å²) in [6.07, 6.45) is -2.86. The van der Waals surface area contributed by atoms with Crippen LogP contribution in [0.25, 0.3) is 0 Å². The molecule has 1 aromatic carbocycles. The molecule has 0 aliphatic heterocycles. The van der Waals surface area contributed by atoms with Crippen molar-refractivity contribution in [3.63, 3.8) is 0 Å². The Balaban J connectivity index is 2.05. The minimum absolute atomic E-state index is 0.0291. The maximum Gasteiger partial charge on any atom is 0.416 e. The van der Waals surface area contributed by atoms with Gasteiger partial charge in [0.05, 0.1) is 11.3 Å².